The van der Waals surface area contributed by atoms with E-state index in [0.29, 0.717) is 0 Å². The van der Waals surface area contributed by atoms with Crippen LogP contribution in [-0.2, 0) is 0 Å². The third kappa shape index (κ3) is 3.77. The van der Waals surface area contributed by atoms with Gasteiger partial charge >= 0.3 is 5.88 Å². The molecule has 2 aliphatic carbocycles. The van der Waals surface area contributed by atoms with E-state index in [2.05, 4.69) is 173 Å². The van der Waals surface area contributed by atoms with Crippen LogP contribution in [0, 0.1) is 0 Å². The van der Waals surface area contributed by atoms with E-state index in [1.165, 1.54) is 71.3 Å². The molecule has 0 spiro atoms. The van der Waals surface area contributed by atoms with Gasteiger partial charge in [-0.05, 0) is 75.0 Å². The van der Waals surface area contributed by atoms with E-state index in [-0.39, 0.29) is 18.1 Å². The van der Waals surface area contributed by atoms with Crippen LogP contribution in [0.15, 0.2) is 163 Å². The van der Waals surface area contributed by atoms with Gasteiger partial charge in [-0.15, -0.1) is 4.57 Å². The van der Waals surface area contributed by atoms with Crippen molar-refractivity contribution in [2.45, 2.75) is 24.5 Å². The van der Waals surface area contributed by atoms with Crippen LogP contribution in [0.1, 0.15) is 35.2 Å². The topological polar surface area (TPSA) is 26.2 Å². The first-order chi connectivity index (χ1) is 26.8. The molecule has 2 aromatic heterocycles. The van der Waals surface area contributed by atoms with Gasteiger partial charge in [0.05, 0.1) is 22.1 Å². The molecule has 54 heavy (non-hydrogen) atoms. The summed E-state index contributed by atoms with van der Waals surface area (Å²) in [6.07, 6.45) is 7.62. The Hall–Kier alpha value is -6.78. The van der Waals surface area contributed by atoms with Gasteiger partial charge in [0.15, 0.2) is 17.5 Å². The molecule has 9 aromatic rings. The summed E-state index contributed by atoms with van der Waals surface area (Å²) in [7, 11) is 0. The quantitative estimate of drug-likeness (QED) is 0.133. The predicted octanol–water partition coefficient (Wildman–Crippen LogP) is 10.8. The molecule has 1 fully saturated rings. The van der Waals surface area contributed by atoms with Crippen LogP contribution < -0.4 is 18.6 Å². The Labute approximate surface area is 311 Å². The standard InChI is InChI=1S/C50H32N2O2/c1-3-15-34-29(9-1)11-5-17-36(34)37-27-28-51-47-39(37)25-23-32-14-7-19-41(44(32)47)53-49-45(48(49)51)50-52-40(38-18-6-12-30-10-2-4-16-35(30)38)26-24-33-22-21-31-13-8-20-42(54-50)43(31)46(33)52/h1-17,19-28,38,48-49H,18H2/q+2. The summed E-state index contributed by atoms with van der Waals surface area (Å²) in [4.78, 5) is 0. The minimum atomic E-state index is -0.187. The number of fused-ring (bicyclic) bond motifs is 4. The summed E-state index contributed by atoms with van der Waals surface area (Å²) in [6.45, 7) is 0. The van der Waals surface area contributed by atoms with E-state index in [4.69, 9.17) is 9.47 Å². The minimum absolute atomic E-state index is 0.0410. The van der Waals surface area contributed by atoms with Gasteiger partial charge in [-0.1, -0.05) is 115 Å². The predicted molar refractivity (Wildman–Crippen MR) is 215 cm³/mol. The van der Waals surface area contributed by atoms with Crippen LogP contribution in [0.2, 0.25) is 0 Å². The third-order valence-corrected chi connectivity index (χ3v) is 12.3. The fraction of sp³-hybridized carbons (Fsp3) is 0.0800. The van der Waals surface area contributed by atoms with Gasteiger partial charge in [0.1, 0.15) is 11.5 Å². The van der Waals surface area contributed by atoms with Crippen molar-refractivity contribution in [2.75, 3.05) is 0 Å². The van der Waals surface area contributed by atoms with Gasteiger partial charge in [-0.25, -0.2) is 0 Å². The Kier molecular flexibility index (Phi) is 5.55. The Morgan fingerprint density at radius 1 is 0.556 bits per heavy atom. The Morgan fingerprint density at radius 2 is 1.28 bits per heavy atom. The Morgan fingerprint density at radius 3 is 2.22 bits per heavy atom. The molecule has 0 saturated heterocycles. The molecule has 0 bridgehead atoms. The van der Waals surface area contributed by atoms with Crippen LogP contribution in [-0.4, -0.2) is 6.10 Å². The lowest BCUT2D eigenvalue weighted by atomic mass is 9.84. The summed E-state index contributed by atoms with van der Waals surface area (Å²) >= 11 is 0. The van der Waals surface area contributed by atoms with Crippen molar-refractivity contribution in [2.24, 2.45) is 0 Å². The molecular formula is C50H32N2O2+2. The van der Waals surface area contributed by atoms with Crippen LogP contribution in [0.4, 0.5) is 0 Å². The maximum atomic E-state index is 7.20. The first-order valence-electron chi connectivity index (χ1n) is 18.9. The first-order valence-corrected chi connectivity index (χ1v) is 18.9. The second kappa shape index (κ2) is 10.4. The van der Waals surface area contributed by atoms with Crippen LogP contribution in [0.3, 0.4) is 0 Å². The normalized spacial score (nSPS) is 20.3. The molecule has 7 aromatic carbocycles. The Balaban J connectivity index is 1.10. The van der Waals surface area contributed by atoms with Crippen molar-refractivity contribution in [1.82, 2.24) is 0 Å². The molecule has 4 aliphatic rings. The number of hydrogen-bond donors (Lipinski definition) is 0. The highest BCUT2D eigenvalue weighted by molar-refractivity contribution is 6.13. The zero-order valence-corrected chi connectivity index (χ0v) is 29.2. The molecular weight excluding hydrogens is 661 g/mol. The lowest BCUT2D eigenvalue weighted by molar-refractivity contribution is -0.673. The average molecular weight is 693 g/mol. The van der Waals surface area contributed by atoms with Crippen molar-refractivity contribution in [3.8, 4) is 22.6 Å². The molecule has 2 aliphatic heterocycles. The van der Waals surface area contributed by atoms with E-state index < -0.39 is 0 Å². The van der Waals surface area contributed by atoms with Crippen molar-refractivity contribution in [3.05, 3.63) is 180 Å². The molecule has 3 unspecified atom stereocenters. The van der Waals surface area contributed by atoms with Crippen LogP contribution in [0.5, 0.6) is 11.5 Å². The van der Waals surface area contributed by atoms with Crippen LogP contribution in [0.25, 0.3) is 77.2 Å². The molecule has 1 saturated carbocycles. The molecule has 4 heterocycles. The molecule has 3 atom stereocenters. The van der Waals surface area contributed by atoms with Gasteiger partial charge in [0, 0.05) is 23.1 Å². The number of aromatic nitrogens is 2. The van der Waals surface area contributed by atoms with Crippen molar-refractivity contribution < 1.29 is 18.6 Å². The van der Waals surface area contributed by atoms with E-state index in [1.807, 2.05) is 0 Å². The van der Waals surface area contributed by atoms with E-state index >= 15 is 0 Å². The summed E-state index contributed by atoms with van der Waals surface area (Å²) in [6, 6.07) is 52.9. The maximum absolute atomic E-state index is 7.20. The molecule has 4 heteroatoms. The lowest BCUT2D eigenvalue weighted by Gasteiger charge is -2.23. The summed E-state index contributed by atoms with van der Waals surface area (Å²) < 4.78 is 19.3. The zero-order chi connectivity index (χ0) is 35.1. The zero-order valence-electron chi connectivity index (χ0n) is 29.2. The molecule has 13 rings (SSSR count). The molecule has 252 valence electrons. The SMILES string of the molecule is C1=Cc2ccccc2C(c2ccc3ccc4cccc5c4c3[n+]2C(=C2C3Oc4cccc6ccc7c(-c8cccc9ccccc89)cc[n+](c7c46)C23)O5)C1. The number of ether oxygens (including phenoxy) is 2. The largest absolute Gasteiger partial charge is 0.477 e. The molecule has 4 nitrogen and oxygen atoms in total. The van der Waals surface area contributed by atoms with Gasteiger partial charge in [-0.3, -0.25) is 0 Å². The monoisotopic (exact) mass is 692 g/mol. The molecule has 0 radical (unpaired) electrons. The number of rotatable bonds is 2. The minimum Gasteiger partial charge on any atom is -0.477 e. The summed E-state index contributed by atoms with van der Waals surface area (Å²) in [5.41, 5.74) is 9.88. The van der Waals surface area contributed by atoms with E-state index in [0.717, 1.165) is 40.1 Å². The van der Waals surface area contributed by atoms with Gasteiger partial charge < -0.3 is 9.47 Å². The second-order valence-corrected chi connectivity index (χ2v) is 15.1. The van der Waals surface area contributed by atoms with Gasteiger partial charge in [0.25, 0.3) is 0 Å². The number of nitrogens with zero attached hydrogens (tertiary/aromatic N) is 2. The number of pyridine rings is 2. The van der Waals surface area contributed by atoms with Gasteiger partial charge in [0.2, 0.25) is 23.2 Å². The fourth-order valence-corrected chi connectivity index (χ4v) is 9.92. The Bertz CT molecular complexity index is 3220. The second-order valence-electron chi connectivity index (χ2n) is 15.1. The lowest BCUT2D eigenvalue weighted by Crippen LogP contribution is -2.44. The third-order valence-electron chi connectivity index (χ3n) is 12.3. The highest BCUT2D eigenvalue weighted by Crippen LogP contribution is 2.52. The maximum Gasteiger partial charge on any atom is 0.389 e. The van der Waals surface area contributed by atoms with E-state index in [1.54, 1.807) is 0 Å². The first kappa shape index (κ1) is 28.8. The van der Waals surface area contributed by atoms with Crippen molar-refractivity contribution in [1.29, 1.82) is 0 Å². The number of allylic oxidation sites excluding steroid dienone is 1. The highest BCUT2D eigenvalue weighted by atomic mass is 16.5. The highest BCUT2D eigenvalue weighted by Gasteiger charge is 2.64. The summed E-state index contributed by atoms with van der Waals surface area (Å²) in [5.74, 6) is 2.85. The molecule has 0 N–H and O–H groups in total. The number of hydrogen-bond acceptors (Lipinski definition) is 2. The smallest absolute Gasteiger partial charge is 0.389 e. The summed E-state index contributed by atoms with van der Waals surface area (Å²) in [5, 5.41) is 9.60. The van der Waals surface area contributed by atoms with Gasteiger partial charge in [-0.2, -0.15) is 4.57 Å². The fourth-order valence-electron chi connectivity index (χ4n) is 9.92. The average Bonchev–Trinajstić information content (AvgIpc) is 3.96. The van der Waals surface area contributed by atoms with Crippen molar-refractivity contribution in [3.63, 3.8) is 0 Å². The van der Waals surface area contributed by atoms with Crippen LogP contribution >= 0.6 is 0 Å². The number of benzene rings is 7. The van der Waals surface area contributed by atoms with Crippen molar-refractivity contribution >= 4 is 66.1 Å². The van der Waals surface area contributed by atoms with E-state index in [9.17, 15) is 0 Å². The molecule has 0 amide bonds.